The van der Waals surface area contributed by atoms with Crippen LogP contribution < -0.4 is 5.32 Å². The van der Waals surface area contributed by atoms with Crippen LogP contribution >= 0.6 is 0 Å². The fourth-order valence-electron chi connectivity index (χ4n) is 0.752. The quantitative estimate of drug-likeness (QED) is 0.754. The first kappa shape index (κ1) is 16.1. The maximum atomic E-state index is 12.7. The molecule has 0 aromatic heterocycles. The Morgan fingerprint density at radius 3 is 2.00 bits per heavy atom. The summed E-state index contributed by atoms with van der Waals surface area (Å²) in [6.45, 7) is 9.34. The molecule has 0 spiro atoms. The minimum absolute atomic E-state index is 0.222. The van der Waals surface area contributed by atoms with Crippen LogP contribution in [-0.4, -0.2) is 5.91 Å². The molecule has 86 valence electrons. The van der Waals surface area contributed by atoms with E-state index in [0.717, 1.165) is 0 Å². The van der Waals surface area contributed by atoms with Gasteiger partial charge in [-0.1, -0.05) is 39.8 Å². The van der Waals surface area contributed by atoms with Crippen LogP contribution in [0.15, 0.2) is 24.3 Å². The van der Waals surface area contributed by atoms with Crippen molar-refractivity contribution >= 4 is 11.6 Å². The molecule has 0 aliphatic carbocycles. The highest BCUT2D eigenvalue weighted by atomic mass is 19.1. The van der Waals surface area contributed by atoms with Gasteiger partial charge in [0.15, 0.2) is 0 Å². The molecule has 0 aliphatic rings. The number of halogens is 1. The highest BCUT2D eigenvalue weighted by Crippen LogP contribution is 2.11. The molecule has 1 aromatic rings. The molecule has 1 N–H and O–H groups in total. The maximum Gasteiger partial charge on any atom is 0.221 e. The van der Waals surface area contributed by atoms with E-state index in [0.29, 0.717) is 0 Å². The van der Waals surface area contributed by atoms with E-state index in [2.05, 4.69) is 5.32 Å². The molecule has 2 nitrogen and oxygen atoms in total. The predicted molar refractivity (Wildman–Crippen MR) is 63.4 cm³/mol. The summed E-state index contributed by atoms with van der Waals surface area (Å²) < 4.78 is 12.7. The lowest BCUT2D eigenvalue weighted by Crippen LogP contribution is -2.06. The average Bonchev–Trinajstić information content (AvgIpc) is 2.27. The van der Waals surface area contributed by atoms with Crippen molar-refractivity contribution in [2.45, 2.75) is 34.6 Å². The number of para-hydroxylation sites is 1. The highest BCUT2D eigenvalue weighted by molar-refractivity contribution is 5.88. The van der Waals surface area contributed by atoms with Crippen LogP contribution in [0, 0.1) is 5.82 Å². The van der Waals surface area contributed by atoms with Crippen molar-refractivity contribution in [3.63, 3.8) is 0 Å². The number of carbonyl (C=O) groups excluding carboxylic acids is 1. The van der Waals surface area contributed by atoms with E-state index in [9.17, 15) is 9.18 Å². The van der Waals surface area contributed by atoms with Gasteiger partial charge >= 0.3 is 0 Å². The molecule has 0 aliphatic heterocycles. The topological polar surface area (TPSA) is 29.1 Å². The SMILES string of the molecule is CC.CC.CC(=O)Nc1ccccc1F. The summed E-state index contributed by atoms with van der Waals surface area (Å²) >= 11 is 0. The standard InChI is InChI=1S/C8H8FNO.2C2H6/c1-6(11)10-8-5-3-2-4-7(8)9;2*1-2/h2-5H,1H3,(H,10,11);2*1-2H3. The van der Waals surface area contributed by atoms with Crippen LogP contribution in [0.5, 0.6) is 0 Å². The Morgan fingerprint density at radius 2 is 1.60 bits per heavy atom. The van der Waals surface area contributed by atoms with Crippen LogP contribution in [0.4, 0.5) is 10.1 Å². The van der Waals surface area contributed by atoms with Crippen molar-refractivity contribution in [1.82, 2.24) is 0 Å². The molecule has 0 bridgehead atoms. The number of rotatable bonds is 1. The summed E-state index contributed by atoms with van der Waals surface area (Å²) in [6, 6.07) is 6.04. The highest BCUT2D eigenvalue weighted by Gasteiger charge is 1.99. The number of nitrogens with one attached hydrogen (secondary N) is 1. The molecule has 0 saturated carbocycles. The number of hydrogen-bond donors (Lipinski definition) is 1. The van der Waals surface area contributed by atoms with Gasteiger partial charge in [-0.2, -0.15) is 0 Å². The van der Waals surface area contributed by atoms with Gasteiger partial charge in [0.2, 0.25) is 5.91 Å². The zero-order valence-corrected chi connectivity index (χ0v) is 10.1. The number of benzene rings is 1. The van der Waals surface area contributed by atoms with Crippen molar-refractivity contribution in [3.8, 4) is 0 Å². The number of anilines is 1. The maximum absolute atomic E-state index is 12.7. The number of hydrogen-bond acceptors (Lipinski definition) is 1. The van der Waals surface area contributed by atoms with E-state index in [4.69, 9.17) is 0 Å². The summed E-state index contributed by atoms with van der Waals surface area (Å²) in [5.74, 6) is -0.683. The first-order valence-corrected chi connectivity index (χ1v) is 5.22. The molecule has 0 radical (unpaired) electrons. The Hall–Kier alpha value is -1.38. The van der Waals surface area contributed by atoms with Gasteiger partial charge in [0.05, 0.1) is 5.69 Å². The van der Waals surface area contributed by atoms with Gasteiger partial charge in [0.1, 0.15) is 5.82 Å². The van der Waals surface area contributed by atoms with Crippen molar-refractivity contribution < 1.29 is 9.18 Å². The molecule has 1 aromatic carbocycles. The van der Waals surface area contributed by atoms with Crippen LogP contribution in [0.3, 0.4) is 0 Å². The van der Waals surface area contributed by atoms with E-state index in [1.807, 2.05) is 27.7 Å². The Balaban J connectivity index is 0. The summed E-state index contributed by atoms with van der Waals surface area (Å²) in [6.07, 6.45) is 0. The van der Waals surface area contributed by atoms with Crippen molar-refractivity contribution in [1.29, 1.82) is 0 Å². The molecule has 0 atom stereocenters. The lowest BCUT2D eigenvalue weighted by atomic mass is 10.3. The molecule has 0 saturated heterocycles. The third-order valence-corrected chi connectivity index (χ3v) is 1.18. The van der Waals surface area contributed by atoms with Crippen molar-refractivity contribution in [3.05, 3.63) is 30.1 Å². The van der Waals surface area contributed by atoms with Crippen LogP contribution in [-0.2, 0) is 4.79 Å². The first-order valence-electron chi connectivity index (χ1n) is 5.22. The summed E-state index contributed by atoms with van der Waals surface area (Å²) in [5, 5.41) is 2.36. The summed E-state index contributed by atoms with van der Waals surface area (Å²) in [4.78, 5) is 10.5. The van der Waals surface area contributed by atoms with Crippen LogP contribution in [0.25, 0.3) is 0 Å². The Kier molecular flexibility index (Phi) is 11.5. The zero-order chi connectivity index (χ0) is 12.3. The molecule has 15 heavy (non-hydrogen) atoms. The van der Waals surface area contributed by atoms with Gasteiger partial charge in [-0.25, -0.2) is 4.39 Å². The lowest BCUT2D eigenvalue weighted by Gasteiger charge is -2.01. The smallest absolute Gasteiger partial charge is 0.221 e. The molecule has 0 fully saturated rings. The van der Waals surface area contributed by atoms with Gasteiger partial charge < -0.3 is 5.32 Å². The van der Waals surface area contributed by atoms with Gasteiger partial charge in [0.25, 0.3) is 0 Å². The molecule has 0 unspecified atom stereocenters. The molecule has 0 heterocycles. The second-order valence-corrected chi connectivity index (χ2v) is 2.16. The zero-order valence-electron chi connectivity index (χ0n) is 10.1. The van der Waals surface area contributed by atoms with Gasteiger partial charge in [0, 0.05) is 6.92 Å². The monoisotopic (exact) mass is 213 g/mol. The minimum atomic E-state index is -0.414. The third kappa shape index (κ3) is 7.67. The van der Waals surface area contributed by atoms with E-state index >= 15 is 0 Å². The molecule has 1 rings (SSSR count). The lowest BCUT2D eigenvalue weighted by molar-refractivity contribution is -0.114. The van der Waals surface area contributed by atoms with Crippen LogP contribution in [0.1, 0.15) is 34.6 Å². The van der Waals surface area contributed by atoms with Crippen molar-refractivity contribution in [2.24, 2.45) is 0 Å². The summed E-state index contributed by atoms with van der Waals surface area (Å²) in [7, 11) is 0. The van der Waals surface area contributed by atoms with Gasteiger partial charge in [-0.3, -0.25) is 4.79 Å². The van der Waals surface area contributed by atoms with Crippen LogP contribution in [0.2, 0.25) is 0 Å². The molecule has 1 amide bonds. The predicted octanol–water partition coefficient (Wildman–Crippen LogP) is 3.84. The largest absolute Gasteiger partial charge is 0.324 e. The second kappa shape index (κ2) is 10.7. The number of amides is 1. The van der Waals surface area contributed by atoms with E-state index in [1.165, 1.54) is 19.1 Å². The number of carbonyl (C=O) groups is 1. The van der Waals surface area contributed by atoms with E-state index in [1.54, 1.807) is 12.1 Å². The fourth-order valence-corrected chi connectivity index (χ4v) is 0.752. The van der Waals surface area contributed by atoms with Gasteiger partial charge in [-0.05, 0) is 12.1 Å². The van der Waals surface area contributed by atoms with Crippen molar-refractivity contribution in [2.75, 3.05) is 5.32 Å². The molecule has 3 heteroatoms. The van der Waals surface area contributed by atoms with Gasteiger partial charge in [-0.15, -0.1) is 0 Å². The minimum Gasteiger partial charge on any atom is -0.324 e. The first-order chi connectivity index (χ1) is 7.20. The average molecular weight is 213 g/mol. The molecular weight excluding hydrogens is 193 g/mol. The molecular formula is C12H20FNO. The van der Waals surface area contributed by atoms with E-state index in [-0.39, 0.29) is 11.6 Å². The van der Waals surface area contributed by atoms with E-state index < -0.39 is 5.82 Å². The summed E-state index contributed by atoms with van der Waals surface area (Å²) in [5.41, 5.74) is 0.222. The third-order valence-electron chi connectivity index (χ3n) is 1.18. The Labute approximate surface area is 91.5 Å². The second-order valence-electron chi connectivity index (χ2n) is 2.16. The Bertz CT molecular complexity index is 274. The normalized spacial score (nSPS) is 7.60. The fraction of sp³-hybridized carbons (Fsp3) is 0.417. The Morgan fingerprint density at radius 1 is 1.13 bits per heavy atom.